The molecule has 0 atom stereocenters. The van der Waals surface area contributed by atoms with E-state index in [1.54, 1.807) is 0 Å². The third kappa shape index (κ3) is 4.57. The minimum atomic E-state index is -0.478. The van der Waals surface area contributed by atoms with Crippen LogP contribution in [0.25, 0.3) is 0 Å². The predicted octanol–water partition coefficient (Wildman–Crippen LogP) is 5.26. The summed E-state index contributed by atoms with van der Waals surface area (Å²) < 4.78 is 5.98. The molecule has 0 radical (unpaired) electrons. The molecule has 0 bridgehead atoms. The molecule has 0 aliphatic heterocycles. The van der Waals surface area contributed by atoms with Crippen LogP contribution in [0.1, 0.15) is 45.7 Å². The van der Waals surface area contributed by atoms with Gasteiger partial charge in [0.25, 0.3) is 0 Å². The van der Waals surface area contributed by atoms with Crippen molar-refractivity contribution in [2.75, 3.05) is 19.0 Å². The van der Waals surface area contributed by atoms with Crippen LogP contribution in [0.4, 0.5) is 5.69 Å². The van der Waals surface area contributed by atoms with E-state index in [1.807, 2.05) is 32.9 Å². The molecule has 0 aliphatic rings. The molecule has 0 amide bonds. The Kier molecular flexibility index (Phi) is 5.48. The molecule has 0 aromatic heterocycles. The van der Waals surface area contributed by atoms with Gasteiger partial charge in [0.1, 0.15) is 5.75 Å². The average Bonchev–Trinajstić information content (AvgIpc) is 2.55. The van der Waals surface area contributed by atoms with Gasteiger partial charge in [-0.05, 0) is 56.2 Å². The van der Waals surface area contributed by atoms with Crippen molar-refractivity contribution < 1.29 is 4.74 Å². The molecule has 0 N–H and O–H groups in total. The Morgan fingerprint density at radius 3 is 1.72 bits per heavy atom. The fourth-order valence-electron chi connectivity index (χ4n) is 2.90. The van der Waals surface area contributed by atoms with Crippen molar-refractivity contribution in [2.45, 2.75) is 45.6 Å². The first-order valence-corrected chi connectivity index (χ1v) is 8.67. The zero-order valence-electron chi connectivity index (χ0n) is 16.5. The topological polar surface area (TPSA) is 12.5 Å². The zero-order chi connectivity index (χ0) is 18.7. The molecule has 2 aromatic carbocycles. The van der Waals surface area contributed by atoms with Gasteiger partial charge in [0.15, 0.2) is 5.60 Å². The van der Waals surface area contributed by atoms with Crippen LogP contribution in [0, 0.1) is 11.8 Å². The van der Waals surface area contributed by atoms with Crippen molar-refractivity contribution in [3.05, 3.63) is 59.7 Å². The van der Waals surface area contributed by atoms with Crippen LogP contribution in [0.3, 0.4) is 0 Å². The Labute approximate surface area is 152 Å². The van der Waals surface area contributed by atoms with Gasteiger partial charge in [0.05, 0.1) is 0 Å². The van der Waals surface area contributed by atoms with Gasteiger partial charge >= 0.3 is 0 Å². The summed E-state index contributed by atoms with van der Waals surface area (Å²) >= 11 is 0. The van der Waals surface area contributed by atoms with Crippen molar-refractivity contribution in [3.8, 4) is 17.6 Å². The maximum absolute atomic E-state index is 5.98. The lowest BCUT2D eigenvalue weighted by Gasteiger charge is -2.27. The summed E-state index contributed by atoms with van der Waals surface area (Å²) in [7, 11) is 4.12. The molecule has 0 fully saturated rings. The summed E-state index contributed by atoms with van der Waals surface area (Å²) in [5, 5.41) is 0. The minimum absolute atomic E-state index is 0.0673. The zero-order valence-corrected chi connectivity index (χ0v) is 16.5. The number of hydrogen-bond acceptors (Lipinski definition) is 2. The monoisotopic (exact) mass is 335 g/mol. The SMILES string of the molecule is CC#CC(C)(C)Oc1ccc(C(C)(C)c2ccc(N(C)C)cc2)cc1. The standard InChI is InChI=1S/C23H29NO/c1-8-17-22(2,3)25-21-15-11-19(12-16-21)23(4,5)18-9-13-20(14-10-18)24(6)7/h9-16H,1-7H3. The van der Waals surface area contributed by atoms with Gasteiger partial charge in [-0.2, -0.15) is 0 Å². The molecule has 0 saturated heterocycles. The average molecular weight is 335 g/mol. The van der Waals surface area contributed by atoms with E-state index in [2.05, 4.69) is 81.1 Å². The maximum atomic E-state index is 5.98. The van der Waals surface area contributed by atoms with Crippen molar-refractivity contribution in [2.24, 2.45) is 0 Å². The van der Waals surface area contributed by atoms with Crippen LogP contribution in [-0.2, 0) is 5.41 Å². The van der Waals surface area contributed by atoms with E-state index in [0.717, 1.165) is 5.75 Å². The highest BCUT2D eigenvalue weighted by Gasteiger charge is 2.23. The van der Waals surface area contributed by atoms with Crippen LogP contribution in [-0.4, -0.2) is 19.7 Å². The molecule has 0 aliphatic carbocycles. The molecule has 0 saturated carbocycles. The molecular formula is C23H29NO. The van der Waals surface area contributed by atoms with E-state index < -0.39 is 5.60 Å². The van der Waals surface area contributed by atoms with E-state index >= 15 is 0 Å². The lowest BCUT2D eigenvalue weighted by atomic mass is 9.78. The molecule has 25 heavy (non-hydrogen) atoms. The molecule has 0 spiro atoms. The van der Waals surface area contributed by atoms with Gasteiger partial charge in [0.2, 0.25) is 0 Å². The molecule has 0 unspecified atom stereocenters. The first-order chi connectivity index (χ1) is 11.7. The Bertz CT molecular complexity index is 756. The molecule has 0 heterocycles. The largest absolute Gasteiger partial charge is 0.475 e. The maximum Gasteiger partial charge on any atom is 0.163 e. The Morgan fingerprint density at radius 1 is 0.800 bits per heavy atom. The molecule has 2 aromatic rings. The van der Waals surface area contributed by atoms with Gasteiger partial charge in [-0.1, -0.05) is 44.0 Å². The van der Waals surface area contributed by atoms with E-state index in [4.69, 9.17) is 4.74 Å². The van der Waals surface area contributed by atoms with Crippen LogP contribution in [0.15, 0.2) is 48.5 Å². The highest BCUT2D eigenvalue weighted by molar-refractivity contribution is 5.49. The van der Waals surface area contributed by atoms with Crippen molar-refractivity contribution >= 4 is 5.69 Å². The van der Waals surface area contributed by atoms with E-state index in [-0.39, 0.29) is 5.41 Å². The van der Waals surface area contributed by atoms with E-state index in [0.29, 0.717) is 0 Å². The number of anilines is 1. The second-order valence-corrected chi connectivity index (χ2v) is 7.58. The van der Waals surface area contributed by atoms with Gasteiger partial charge in [-0.3, -0.25) is 0 Å². The smallest absolute Gasteiger partial charge is 0.163 e. The highest BCUT2D eigenvalue weighted by atomic mass is 16.5. The van der Waals surface area contributed by atoms with Crippen molar-refractivity contribution in [1.29, 1.82) is 0 Å². The lowest BCUT2D eigenvalue weighted by molar-refractivity contribution is 0.172. The molecular weight excluding hydrogens is 306 g/mol. The minimum Gasteiger partial charge on any atom is -0.475 e. The summed E-state index contributed by atoms with van der Waals surface area (Å²) in [6.45, 7) is 10.3. The molecule has 2 nitrogen and oxygen atoms in total. The Hall–Kier alpha value is -2.40. The van der Waals surface area contributed by atoms with E-state index in [9.17, 15) is 0 Å². The van der Waals surface area contributed by atoms with Crippen molar-refractivity contribution in [1.82, 2.24) is 0 Å². The quantitative estimate of drug-likeness (QED) is 0.691. The van der Waals surface area contributed by atoms with Gasteiger partial charge < -0.3 is 9.64 Å². The number of nitrogens with zero attached hydrogens (tertiary/aromatic N) is 1. The summed E-state index contributed by atoms with van der Waals surface area (Å²) in [6, 6.07) is 17.1. The predicted molar refractivity (Wildman–Crippen MR) is 107 cm³/mol. The number of ether oxygens (including phenoxy) is 1. The van der Waals surface area contributed by atoms with Crippen LogP contribution in [0.5, 0.6) is 5.75 Å². The Balaban J connectivity index is 2.23. The second-order valence-electron chi connectivity index (χ2n) is 7.58. The number of hydrogen-bond donors (Lipinski definition) is 0. The third-order valence-corrected chi connectivity index (χ3v) is 4.48. The first kappa shape index (κ1) is 18.9. The van der Waals surface area contributed by atoms with Crippen LogP contribution < -0.4 is 9.64 Å². The third-order valence-electron chi connectivity index (χ3n) is 4.48. The number of rotatable bonds is 5. The van der Waals surface area contributed by atoms with Gasteiger partial charge in [-0.25, -0.2) is 0 Å². The van der Waals surface area contributed by atoms with Crippen LogP contribution >= 0.6 is 0 Å². The molecule has 2 rings (SSSR count). The fraction of sp³-hybridized carbons (Fsp3) is 0.391. The molecule has 132 valence electrons. The summed E-state index contributed by atoms with van der Waals surface area (Å²) in [6.07, 6.45) is 0. The van der Waals surface area contributed by atoms with Gasteiger partial charge in [-0.15, -0.1) is 5.92 Å². The summed E-state index contributed by atoms with van der Waals surface area (Å²) in [4.78, 5) is 2.11. The van der Waals surface area contributed by atoms with Gasteiger partial charge in [0, 0.05) is 25.2 Å². The Morgan fingerprint density at radius 2 is 1.28 bits per heavy atom. The fourth-order valence-corrected chi connectivity index (χ4v) is 2.90. The lowest BCUT2D eigenvalue weighted by Crippen LogP contribution is -2.26. The molecule has 2 heteroatoms. The van der Waals surface area contributed by atoms with Crippen molar-refractivity contribution in [3.63, 3.8) is 0 Å². The van der Waals surface area contributed by atoms with E-state index in [1.165, 1.54) is 16.8 Å². The van der Waals surface area contributed by atoms with Crippen LogP contribution in [0.2, 0.25) is 0 Å². The first-order valence-electron chi connectivity index (χ1n) is 8.67. The normalized spacial score (nSPS) is 11.5. The summed E-state index contributed by atoms with van der Waals surface area (Å²) in [5.41, 5.74) is 3.22. The number of benzene rings is 2. The summed E-state index contributed by atoms with van der Waals surface area (Å²) in [5.74, 6) is 6.84. The second kappa shape index (κ2) is 7.23. The highest BCUT2D eigenvalue weighted by Crippen LogP contribution is 2.33.